The fourth-order valence-electron chi connectivity index (χ4n) is 3.03. The molecular weight excluding hydrogens is 392 g/mol. The van der Waals surface area contributed by atoms with Crippen molar-refractivity contribution in [3.05, 3.63) is 96.6 Å². The van der Waals surface area contributed by atoms with E-state index >= 15 is 0 Å². The number of nitrogens with one attached hydrogen (secondary N) is 2. The number of hydrogen-bond donors (Lipinski definition) is 2. The molecule has 4 aromatic rings. The van der Waals surface area contributed by atoms with E-state index < -0.39 is 5.91 Å². The number of oxazole rings is 1. The van der Waals surface area contributed by atoms with E-state index in [1.54, 1.807) is 18.3 Å². The third kappa shape index (κ3) is 5.02. The minimum absolute atomic E-state index is 0.107. The van der Waals surface area contributed by atoms with E-state index in [9.17, 15) is 9.59 Å². The van der Waals surface area contributed by atoms with Gasteiger partial charge in [0.1, 0.15) is 5.69 Å². The van der Waals surface area contributed by atoms with E-state index in [0.717, 1.165) is 16.8 Å². The first-order valence-electron chi connectivity index (χ1n) is 9.80. The molecule has 0 aliphatic carbocycles. The summed E-state index contributed by atoms with van der Waals surface area (Å²) >= 11 is 0. The Labute approximate surface area is 179 Å². The second-order valence-electron chi connectivity index (χ2n) is 6.76. The van der Waals surface area contributed by atoms with Gasteiger partial charge in [-0.25, -0.2) is 4.98 Å². The number of benzene rings is 2. The van der Waals surface area contributed by atoms with Gasteiger partial charge in [-0.05, 0) is 12.1 Å². The van der Waals surface area contributed by atoms with Crippen LogP contribution in [0.4, 0.5) is 0 Å². The van der Waals surface area contributed by atoms with Crippen molar-refractivity contribution in [1.82, 2.24) is 20.8 Å². The average Bonchev–Trinajstić information content (AvgIpc) is 3.27. The predicted molar refractivity (Wildman–Crippen MR) is 116 cm³/mol. The van der Waals surface area contributed by atoms with Crippen LogP contribution in [-0.2, 0) is 11.2 Å². The molecule has 0 radical (unpaired) electrons. The molecule has 2 amide bonds. The van der Waals surface area contributed by atoms with E-state index in [1.807, 2.05) is 60.7 Å². The molecule has 7 nitrogen and oxygen atoms in total. The first kappa shape index (κ1) is 20.0. The van der Waals surface area contributed by atoms with Crippen LogP contribution < -0.4 is 10.9 Å². The number of amides is 2. The van der Waals surface area contributed by atoms with Gasteiger partial charge in [0.15, 0.2) is 11.7 Å². The first-order valence-corrected chi connectivity index (χ1v) is 9.80. The molecular formula is C24H20N4O3. The smallest absolute Gasteiger partial charge is 0.271 e. The number of rotatable bonds is 6. The first-order chi connectivity index (χ1) is 15.2. The summed E-state index contributed by atoms with van der Waals surface area (Å²) in [5, 5.41) is 0. The van der Waals surface area contributed by atoms with Crippen LogP contribution in [0, 0.1) is 0 Å². The standard InChI is InChI=1S/C24H20N4O3/c29-20(27-28-24(30)19-12-7-15-25-16-19)13-14-21-26-22(17-8-3-1-4-9-17)23(31-21)18-10-5-2-6-11-18/h1-12,15-16H,13-14H2,(H,27,29)(H,28,30). The Morgan fingerprint density at radius 1 is 0.839 bits per heavy atom. The molecule has 31 heavy (non-hydrogen) atoms. The number of carbonyl (C=O) groups is 2. The lowest BCUT2D eigenvalue weighted by Gasteiger charge is -2.06. The Hall–Kier alpha value is -4.26. The van der Waals surface area contributed by atoms with Crippen molar-refractivity contribution in [3.8, 4) is 22.6 Å². The molecule has 4 rings (SSSR count). The van der Waals surface area contributed by atoms with Crippen LogP contribution in [0.1, 0.15) is 22.7 Å². The van der Waals surface area contributed by atoms with Crippen LogP contribution in [0.2, 0.25) is 0 Å². The van der Waals surface area contributed by atoms with E-state index in [2.05, 4.69) is 20.8 Å². The average molecular weight is 412 g/mol. The zero-order valence-electron chi connectivity index (χ0n) is 16.6. The molecule has 2 aromatic carbocycles. The molecule has 0 saturated carbocycles. The number of pyridine rings is 1. The van der Waals surface area contributed by atoms with Gasteiger partial charge in [-0.15, -0.1) is 0 Å². The molecule has 0 bridgehead atoms. The summed E-state index contributed by atoms with van der Waals surface area (Å²) in [4.78, 5) is 32.7. The van der Waals surface area contributed by atoms with E-state index in [4.69, 9.17) is 4.42 Å². The number of nitrogens with zero attached hydrogens (tertiary/aromatic N) is 2. The Morgan fingerprint density at radius 3 is 2.23 bits per heavy atom. The van der Waals surface area contributed by atoms with Crippen LogP contribution in [-0.4, -0.2) is 21.8 Å². The quantitative estimate of drug-likeness (QED) is 0.470. The summed E-state index contributed by atoms with van der Waals surface area (Å²) < 4.78 is 6.01. The van der Waals surface area contributed by atoms with E-state index in [-0.39, 0.29) is 12.3 Å². The maximum absolute atomic E-state index is 12.2. The Balaban J connectivity index is 1.43. The Bertz CT molecular complexity index is 1100. The number of aryl methyl sites for hydroxylation is 1. The summed E-state index contributed by atoms with van der Waals surface area (Å²) in [6.07, 6.45) is 3.39. The number of hydrazine groups is 1. The zero-order valence-corrected chi connectivity index (χ0v) is 16.6. The maximum atomic E-state index is 12.2. The molecule has 7 heteroatoms. The fourth-order valence-corrected chi connectivity index (χ4v) is 3.03. The van der Waals surface area contributed by atoms with Gasteiger partial charge in [0.05, 0.1) is 5.56 Å². The summed E-state index contributed by atoms with van der Waals surface area (Å²) in [7, 11) is 0. The van der Waals surface area contributed by atoms with Crippen LogP contribution in [0.15, 0.2) is 89.6 Å². The molecule has 0 fully saturated rings. The number of carbonyl (C=O) groups excluding carboxylic acids is 2. The highest BCUT2D eigenvalue weighted by Crippen LogP contribution is 2.32. The monoisotopic (exact) mass is 412 g/mol. The summed E-state index contributed by atoms with van der Waals surface area (Å²) in [6, 6.07) is 22.7. The van der Waals surface area contributed by atoms with Gasteiger partial charge in [-0.2, -0.15) is 0 Å². The molecule has 0 atom stereocenters. The van der Waals surface area contributed by atoms with Crippen molar-refractivity contribution in [2.75, 3.05) is 0 Å². The molecule has 0 unspecified atom stereocenters. The number of hydrogen-bond acceptors (Lipinski definition) is 5. The molecule has 2 aromatic heterocycles. The van der Waals surface area contributed by atoms with Crippen molar-refractivity contribution in [1.29, 1.82) is 0 Å². The SMILES string of the molecule is O=C(CCc1nc(-c2ccccc2)c(-c2ccccc2)o1)NNC(=O)c1cccnc1. The Morgan fingerprint density at radius 2 is 1.55 bits per heavy atom. The van der Waals surface area contributed by atoms with Gasteiger partial charge < -0.3 is 4.42 Å². The van der Waals surface area contributed by atoms with Crippen molar-refractivity contribution in [2.24, 2.45) is 0 Å². The summed E-state index contributed by atoms with van der Waals surface area (Å²) in [6.45, 7) is 0. The number of aromatic nitrogens is 2. The third-order valence-electron chi connectivity index (χ3n) is 4.56. The summed E-state index contributed by atoms with van der Waals surface area (Å²) in [5.74, 6) is 0.326. The highest BCUT2D eigenvalue weighted by atomic mass is 16.4. The van der Waals surface area contributed by atoms with Crippen molar-refractivity contribution in [2.45, 2.75) is 12.8 Å². The largest absolute Gasteiger partial charge is 0.440 e. The van der Waals surface area contributed by atoms with Gasteiger partial charge in [0.2, 0.25) is 5.91 Å². The van der Waals surface area contributed by atoms with Gasteiger partial charge in [0, 0.05) is 36.4 Å². The van der Waals surface area contributed by atoms with Crippen LogP contribution in [0.5, 0.6) is 0 Å². The third-order valence-corrected chi connectivity index (χ3v) is 4.56. The second-order valence-corrected chi connectivity index (χ2v) is 6.76. The van der Waals surface area contributed by atoms with Crippen molar-refractivity contribution in [3.63, 3.8) is 0 Å². The molecule has 0 spiro atoms. The minimum atomic E-state index is -0.435. The van der Waals surface area contributed by atoms with Crippen LogP contribution in [0.25, 0.3) is 22.6 Å². The molecule has 0 aliphatic rings. The lowest BCUT2D eigenvalue weighted by Crippen LogP contribution is -2.41. The zero-order chi connectivity index (χ0) is 21.5. The van der Waals surface area contributed by atoms with Gasteiger partial charge in [0.25, 0.3) is 5.91 Å². The van der Waals surface area contributed by atoms with E-state index in [0.29, 0.717) is 23.6 Å². The predicted octanol–water partition coefficient (Wildman–Crippen LogP) is 3.80. The molecule has 154 valence electrons. The minimum Gasteiger partial charge on any atom is -0.440 e. The lowest BCUT2D eigenvalue weighted by molar-refractivity contribution is -0.121. The fraction of sp³-hybridized carbons (Fsp3) is 0.0833. The molecule has 0 aliphatic heterocycles. The lowest BCUT2D eigenvalue weighted by atomic mass is 10.1. The van der Waals surface area contributed by atoms with Gasteiger partial charge >= 0.3 is 0 Å². The van der Waals surface area contributed by atoms with Gasteiger partial charge in [-0.3, -0.25) is 25.4 Å². The van der Waals surface area contributed by atoms with Crippen molar-refractivity contribution < 1.29 is 14.0 Å². The normalized spacial score (nSPS) is 10.5. The highest BCUT2D eigenvalue weighted by molar-refractivity contribution is 5.95. The summed E-state index contributed by atoms with van der Waals surface area (Å²) in [5.41, 5.74) is 7.70. The van der Waals surface area contributed by atoms with Crippen LogP contribution >= 0.6 is 0 Å². The van der Waals surface area contributed by atoms with Gasteiger partial charge in [-0.1, -0.05) is 60.7 Å². The Kier molecular flexibility index (Phi) is 6.13. The second kappa shape index (κ2) is 9.49. The maximum Gasteiger partial charge on any atom is 0.271 e. The highest BCUT2D eigenvalue weighted by Gasteiger charge is 2.17. The van der Waals surface area contributed by atoms with E-state index in [1.165, 1.54) is 6.20 Å². The molecule has 0 saturated heterocycles. The topological polar surface area (TPSA) is 97.1 Å². The molecule has 2 heterocycles. The van der Waals surface area contributed by atoms with Crippen LogP contribution in [0.3, 0.4) is 0 Å². The molecule has 2 N–H and O–H groups in total. The van der Waals surface area contributed by atoms with Crippen molar-refractivity contribution >= 4 is 11.8 Å².